The fourth-order valence-electron chi connectivity index (χ4n) is 1.97. The highest BCUT2D eigenvalue weighted by atomic mass is 16.4. The predicted octanol–water partition coefficient (Wildman–Crippen LogP) is 0.275. The predicted molar refractivity (Wildman–Crippen MR) is 59.6 cm³/mol. The summed E-state index contributed by atoms with van der Waals surface area (Å²) in [5.41, 5.74) is 1.29. The van der Waals surface area contributed by atoms with Gasteiger partial charge in [0.15, 0.2) is 5.69 Å². The van der Waals surface area contributed by atoms with Crippen molar-refractivity contribution in [3.05, 3.63) is 17.5 Å². The summed E-state index contributed by atoms with van der Waals surface area (Å²) in [5, 5.41) is 13.0. The van der Waals surface area contributed by atoms with Crippen LogP contribution in [0.2, 0.25) is 0 Å². The van der Waals surface area contributed by atoms with Crippen molar-refractivity contribution < 1.29 is 14.7 Å². The van der Waals surface area contributed by atoms with Crippen LogP contribution >= 0.6 is 0 Å². The largest absolute Gasteiger partial charge is 0.481 e. The Hall–Kier alpha value is -1.85. The van der Waals surface area contributed by atoms with Gasteiger partial charge < -0.3 is 10.0 Å². The van der Waals surface area contributed by atoms with Gasteiger partial charge in [0.25, 0.3) is 5.91 Å². The first kappa shape index (κ1) is 11.6. The maximum absolute atomic E-state index is 12.0. The molecule has 92 valence electrons. The Bertz CT molecular complexity index is 447. The van der Waals surface area contributed by atoms with Crippen LogP contribution in [0.1, 0.15) is 22.6 Å². The maximum atomic E-state index is 12.0. The first-order valence-electron chi connectivity index (χ1n) is 5.51. The molecule has 0 spiro atoms. The van der Waals surface area contributed by atoms with Crippen molar-refractivity contribution in [2.45, 2.75) is 13.3 Å². The Morgan fingerprint density at radius 3 is 2.71 bits per heavy atom. The number of rotatable bonds is 2. The summed E-state index contributed by atoms with van der Waals surface area (Å²) in [6, 6.07) is 1.72. The average Bonchev–Trinajstić information content (AvgIpc) is 2.86. The van der Waals surface area contributed by atoms with Gasteiger partial charge in [-0.1, -0.05) is 0 Å². The minimum atomic E-state index is -0.836. The van der Waals surface area contributed by atoms with E-state index in [1.807, 2.05) is 6.92 Å². The Labute approximate surface area is 98.8 Å². The maximum Gasteiger partial charge on any atom is 0.308 e. The summed E-state index contributed by atoms with van der Waals surface area (Å²) in [5.74, 6) is -1.46. The molecule has 2 rings (SSSR count). The molecular formula is C11H15N3O3. The van der Waals surface area contributed by atoms with E-state index in [-0.39, 0.29) is 12.5 Å². The number of hydrogen-bond donors (Lipinski definition) is 1. The van der Waals surface area contributed by atoms with Crippen LogP contribution in [-0.2, 0) is 11.8 Å². The summed E-state index contributed by atoms with van der Waals surface area (Å²) >= 11 is 0. The molecule has 1 aromatic heterocycles. The van der Waals surface area contributed by atoms with Gasteiger partial charge >= 0.3 is 5.97 Å². The number of aliphatic carboxylic acids is 1. The third-order valence-corrected chi connectivity index (χ3v) is 3.16. The second kappa shape index (κ2) is 4.20. The molecule has 1 N–H and O–H groups in total. The zero-order valence-electron chi connectivity index (χ0n) is 9.88. The molecule has 6 nitrogen and oxygen atoms in total. The van der Waals surface area contributed by atoms with E-state index >= 15 is 0 Å². The van der Waals surface area contributed by atoms with E-state index in [2.05, 4.69) is 5.10 Å². The molecule has 1 atom stereocenters. The standard InChI is InChI=1S/C11H15N3O3/c1-7-5-9(12-13(7)2)10(15)14-4-3-8(6-14)11(16)17/h5,8H,3-4,6H2,1-2H3,(H,16,17)/t8-/m0/s1. The van der Waals surface area contributed by atoms with Crippen LogP contribution in [0.15, 0.2) is 6.07 Å². The second-order valence-corrected chi connectivity index (χ2v) is 4.37. The van der Waals surface area contributed by atoms with Gasteiger partial charge in [0.1, 0.15) is 0 Å². The molecule has 1 aliphatic heterocycles. The first-order valence-corrected chi connectivity index (χ1v) is 5.51. The van der Waals surface area contributed by atoms with Gasteiger partial charge in [-0.2, -0.15) is 5.10 Å². The van der Waals surface area contributed by atoms with Crippen LogP contribution in [0, 0.1) is 12.8 Å². The molecule has 1 aliphatic rings. The SMILES string of the molecule is Cc1cc(C(=O)N2CC[C@H](C(=O)O)C2)nn1C. The van der Waals surface area contributed by atoms with Crippen LogP contribution in [0.25, 0.3) is 0 Å². The quantitative estimate of drug-likeness (QED) is 0.801. The van der Waals surface area contributed by atoms with Crippen LogP contribution < -0.4 is 0 Å². The number of aryl methyl sites for hydroxylation is 2. The summed E-state index contributed by atoms with van der Waals surface area (Å²) in [4.78, 5) is 24.4. The molecule has 0 unspecified atom stereocenters. The zero-order chi connectivity index (χ0) is 12.6. The molecule has 0 aliphatic carbocycles. The number of amides is 1. The molecule has 1 amide bonds. The Morgan fingerprint density at radius 2 is 2.24 bits per heavy atom. The molecule has 17 heavy (non-hydrogen) atoms. The van der Waals surface area contributed by atoms with E-state index < -0.39 is 11.9 Å². The second-order valence-electron chi connectivity index (χ2n) is 4.37. The highest BCUT2D eigenvalue weighted by Gasteiger charge is 2.32. The summed E-state index contributed by atoms with van der Waals surface area (Å²) < 4.78 is 1.64. The van der Waals surface area contributed by atoms with Crippen LogP contribution in [0.3, 0.4) is 0 Å². The van der Waals surface area contributed by atoms with Crippen molar-refractivity contribution in [1.29, 1.82) is 0 Å². The monoisotopic (exact) mass is 237 g/mol. The molecule has 0 aromatic carbocycles. The van der Waals surface area contributed by atoms with Gasteiger partial charge in [0, 0.05) is 25.8 Å². The number of hydrogen-bond acceptors (Lipinski definition) is 3. The summed E-state index contributed by atoms with van der Waals surface area (Å²) in [6.45, 7) is 2.64. The molecule has 0 bridgehead atoms. The van der Waals surface area contributed by atoms with Gasteiger partial charge in [-0.15, -0.1) is 0 Å². The Morgan fingerprint density at radius 1 is 1.53 bits per heavy atom. The smallest absolute Gasteiger partial charge is 0.308 e. The number of carboxylic acid groups (broad SMARTS) is 1. The molecule has 6 heteroatoms. The van der Waals surface area contributed by atoms with Crippen LogP contribution in [0.5, 0.6) is 0 Å². The number of carbonyl (C=O) groups excluding carboxylic acids is 1. The minimum absolute atomic E-state index is 0.183. The number of carbonyl (C=O) groups is 2. The molecule has 1 fully saturated rings. The highest BCUT2D eigenvalue weighted by molar-refractivity contribution is 5.93. The van der Waals surface area contributed by atoms with Gasteiger partial charge in [-0.25, -0.2) is 0 Å². The Balaban J connectivity index is 2.09. The topological polar surface area (TPSA) is 75.4 Å². The van der Waals surface area contributed by atoms with E-state index in [1.165, 1.54) is 0 Å². The molecule has 0 saturated carbocycles. The van der Waals surface area contributed by atoms with Crippen LogP contribution in [-0.4, -0.2) is 44.8 Å². The highest BCUT2D eigenvalue weighted by Crippen LogP contribution is 2.18. The fraction of sp³-hybridized carbons (Fsp3) is 0.545. The first-order chi connectivity index (χ1) is 7.99. The number of aromatic nitrogens is 2. The van der Waals surface area contributed by atoms with Gasteiger partial charge in [-0.05, 0) is 19.4 Å². The molecule has 1 aromatic rings. The third-order valence-electron chi connectivity index (χ3n) is 3.16. The molecular weight excluding hydrogens is 222 g/mol. The number of likely N-dealkylation sites (tertiary alicyclic amines) is 1. The molecule has 0 radical (unpaired) electrons. The lowest BCUT2D eigenvalue weighted by atomic mass is 10.1. The van der Waals surface area contributed by atoms with E-state index in [9.17, 15) is 9.59 Å². The van der Waals surface area contributed by atoms with E-state index in [4.69, 9.17) is 5.11 Å². The van der Waals surface area contributed by atoms with Gasteiger partial charge in [0.05, 0.1) is 5.92 Å². The number of carboxylic acids is 1. The third kappa shape index (κ3) is 2.15. The lowest BCUT2D eigenvalue weighted by Crippen LogP contribution is -2.30. The Kier molecular flexibility index (Phi) is 2.87. The van der Waals surface area contributed by atoms with Crippen LogP contribution in [0.4, 0.5) is 0 Å². The lowest BCUT2D eigenvalue weighted by molar-refractivity contribution is -0.141. The lowest BCUT2D eigenvalue weighted by Gasteiger charge is -2.13. The zero-order valence-corrected chi connectivity index (χ0v) is 9.88. The van der Waals surface area contributed by atoms with Crippen molar-refractivity contribution in [2.75, 3.05) is 13.1 Å². The van der Waals surface area contributed by atoms with Crippen molar-refractivity contribution in [3.63, 3.8) is 0 Å². The van der Waals surface area contributed by atoms with E-state index in [0.29, 0.717) is 18.7 Å². The van der Waals surface area contributed by atoms with Crippen molar-refractivity contribution in [1.82, 2.24) is 14.7 Å². The van der Waals surface area contributed by atoms with E-state index in [1.54, 1.807) is 22.7 Å². The fourth-order valence-corrected chi connectivity index (χ4v) is 1.97. The van der Waals surface area contributed by atoms with Crippen molar-refractivity contribution in [3.8, 4) is 0 Å². The normalized spacial score (nSPS) is 19.6. The van der Waals surface area contributed by atoms with Crippen molar-refractivity contribution in [2.24, 2.45) is 13.0 Å². The average molecular weight is 237 g/mol. The molecule has 1 saturated heterocycles. The number of nitrogens with zero attached hydrogens (tertiary/aromatic N) is 3. The van der Waals surface area contributed by atoms with E-state index in [0.717, 1.165) is 5.69 Å². The summed E-state index contributed by atoms with van der Waals surface area (Å²) in [6.07, 6.45) is 0.521. The summed E-state index contributed by atoms with van der Waals surface area (Å²) in [7, 11) is 1.77. The molecule has 2 heterocycles. The van der Waals surface area contributed by atoms with Gasteiger partial charge in [0.2, 0.25) is 0 Å². The minimum Gasteiger partial charge on any atom is -0.481 e. The van der Waals surface area contributed by atoms with Crippen molar-refractivity contribution >= 4 is 11.9 Å². The van der Waals surface area contributed by atoms with Gasteiger partial charge in [-0.3, -0.25) is 14.3 Å².